The van der Waals surface area contributed by atoms with Crippen LogP contribution < -0.4 is 10.1 Å². The number of halogens is 3. The molecule has 2 N–H and O–H groups in total. The van der Waals surface area contributed by atoms with Crippen molar-refractivity contribution in [2.75, 3.05) is 13.2 Å². The number of carbonyl (C=O) groups excluding carboxylic acids is 4. The molecule has 1 aromatic rings. The number of carbonyl (C=O) groups is 4. The van der Waals surface area contributed by atoms with Gasteiger partial charge in [0.25, 0.3) is 11.8 Å². The van der Waals surface area contributed by atoms with Gasteiger partial charge in [0.05, 0.1) is 0 Å². The summed E-state index contributed by atoms with van der Waals surface area (Å²) in [6.45, 7) is 1.48. The number of para-hydroxylation sites is 1. The molecule has 1 aliphatic rings. The Bertz CT molecular complexity index is 937. The Balaban J connectivity index is 2.13. The van der Waals surface area contributed by atoms with Crippen LogP contribution >= 0.6 is 56.4 Å². The molecule has 0 radical (unpaired) electrons. The van der Waals surface area contributed by atoms with E-state index in [0.717, 1.165) is 26.5 Å². The number of hydrogen-bond acceptors (Lipinski definition) is 9. The average molecular weight is 558 g/mol. The van der Waals surface area contributed by atoms with Crippen molar-refractivity contribution in [1.29, 1.82) is 0 Å². The maximum Gasteiger partial charge on any atom is 0.358 e. The number of aliphatic hydroxyl groups excluding tert-OH is 1. The van der Waals surface area contributed by atoms with Crippen LogP contribution in [-0.4, -0.2) is 61.3 Å². The standard InChI is InChI=1S/C19H19Cl3N2O7S2/c1-10(25)15(18(29)31-9-19(20,21)22)24-16(28)14(17(24)33-32-11(2)26)23-13(27)8-30-12-6-4-3-5-7-12/h3-7,14,17,25H,8-9H2,1-2H3,(H,23,27). The zero-order valence-corrected chi connectivity index (χ0v) is 21.2. The Labute approximate surface area is 212 Å². The van der Waals surface area contributed by atoms with Gasteiger partial charge < -0.3 is 19.9 Å². The SMILES string of the molecule is CC(=O)SSC1C(NC(=O)COc2ccccc2)C(=O)N1C(C(=O)OCC(Cl)(Cl)Cl)=C(C)O. The number of esters is 1. The van der Waals surface area contributed by atoms with Crippen LogP contribution in [-0.2, 0) is 23.9 Å². The van der Waals surface area contributed by atoms with Gasteiger partial charge in [-0.1, -0.05) is 63.8 Å². The molecule has 2 amide bonds. The number of amides is 2. The van der Waals surface area contributed by atoms with Gasteiger partial charge in [-0.05, 0) is 29.9 Å². The summed E-state index contributed by atoms with van der Waals surface area (Å²) < 4.78 is 8.33. The molecular weight excluding hydrogens is 539 g/mol. The minimum atomic E-state index is -1.91. The highest BCUT2D eigenvalue weighted by molar-refractivity contribution is 8.82. The molecule has 0 aliphatic carbocycles. The summed E-state index contributed by atoms with van der Waals surface area (Å²) in [4.78, 5) is 50.0. The second-order valence-corrected chi connectivity index (χ2v) is 11.6. The molecule has 1 aliphatic heterocycles. The second-order valence-electron chi connectivity index (χ2n) is 6.54. The molecule has 1 aromatic carbocycles. The molecule has 2 unspecified atom stereocenters. The van der Waals surface area contributed by atoms with Crippen molar-refractivity contribution in [2.45, 2.75) is 29.1 Å². The lowest BCUT2D eigenvalue weighted by Gasteiger charge is -2.46. The summed E-state index contributed by atoms with van der Waals surface area (Å²) in [5.74, 6) is -2.50. The molecule has 1 fully saturated rings. The molecule has 9 nitrogen and oxygen atoms in total. The topological polar surface area (TPSA) is 122 Å². The fourth-order valence-corrected chi connectivity index (χ4v) is 4.85. The minimum Gasteiger partial charge on any atom is -0.510 e. The van der Waals surface area contributed by atoms with Crippen molar-refractivity contribution in [3.8, 4) is 5.75 Å². The van der Waals surface area contributed by atoms with E-state index in [2.05, 4.69) is 5.32 Å². The van der Waals surface area contributed by atoms with E-state index in [0.29, 0.717) is 5.75 Å². The van der Waals surface area contributed by atoms with E-state index in [1.54, 1.807) is 30.3 Å². The predicted octanol–water partition coefficient (Wildman–Crippen LogP) is 3.35. The van der Waals surface area contributed by atoms with Gasteiger partial charge in [-0.3, -0.25) is 19.3 Å². The monoisotopic (exact) mass is 556 g/mol. The Morgan fingerprint density at radius 1 is 1.18 bits per heavy atom. The van der Waals surface area contributed by atoms with Crippen molar-refractivity contribution in [3.63, 3.8) is 0 Å². The fourth-order valence-electron chi connectivity index (χ4n) is 2.57. The zero-order chi connectivity index (χ0) is 24.8. The first kappa shape index (κ1) is 27.5. The molecule has 1 heterocycles. The van der Waals surface area contributed by atoms with Gasteiger partial charge in [0.15, 0.2) is 17.4 Å². The van der Waals surface area contributed by atoms with E-state index in [1.165, 1.54) is 13.8 Å². The van der Waals surface area contributed by atoms with Crippen LogP contribution in [0, 0.1) is 0 Å². The zero-order valence-electron chi connectivity index (χ0n) is 17.2. The third-order valence-corrected chi connectivity index (χ3v) is 6.80. The van der Waals surface area contributed by atoms with Crippen LogP contribution in [0.15, 0.2) is 41.8 Å². The number of aliphatic hydroxyl groups is 1. The smallest absolute Gasteiger partial charge is 0.358 e. The van der Waals surface area contributed by atoms with Crippen molar-refractivity contribution in [3.05, 3.63) is 41.8 Å². The Morgan fingerprint density at radius 3 is 2.36 bits per heavy atom. The number of benzene rings is 1. The maximum atomic E-state index is 12.8. The molecule has 0 saturated carbocycles. The summed E-state index contributed by atoms with van der Waals surface area (Å²) in [6, 6.07) is 7.49. The van der Waals surface area contributed by atoms with Crippen LogP contribution in [0.25, 0.3) is 0 Å². The summed E-state index contributed by atoms with van der Waals surface area (Å²) in [5, 5.41) is 11.4. The molecule has 0 spiro atoms. The van der Waals surface area contributed by atoms with Crippen LogP contribution in [0.5, 0.6) is 5.75 Å². The molecule has 180 valence electrons. The number of rotatable bonds is 9. The lowest BCUT2D eigenvalue weighted by molar-refractivity contribution is -0.153. The first-order chi connectivity index (χ1) is 15.4. The van der Waals surface area contributed by atoms with Crippen LogP contribution in [0.4, 0.5) is 0 Å². The Kier molecular flexibility index (Phi) is 10.0. The fraction of sp³-hybridized carbons (Fsp3) is 0.368. The summed E-state index contributed by atoms with van der Waals surface area (Å²) in [6.07, 6.45) is 0. The molecule has 0 bridgehead atoms. The van der Waals surface area contributed by atoms with Gasteiger partial charge in [0.2, 0.25) is 3.79 Å². The molecule has 2 atom stereocenters. The highest BCUT2D eigenvalue weighted by atomic mass is 35.6. The Morgan fingerprint density at radius 2 is 1.82 bits per heavy atom. The van der Waals surface area contributed by atoms with Crippen molar-refractivity contribution in [1.82, 2.24) is 10.2 Å². The second kappa shape index (κ2) is 12.1. The van der Waals surface area contributed by atoms with Gasteiger partial charge in [-0.2, -0.15) is 0 Å². The van der Waals surface area contributed by atoms with Crippen molar-refractivity contribution >= 4 is 79.3 Å². The third-order valence-electron chi connectivity index (χ3n) is 3.88. The number of nitrogens with zero attached hydrogens (tertiary/aromatic N) is 1. The van der Waals surface area contributed by atoms with E-state index >= 15 is 0 Å². The average Bonchev–Trinajstić information content (AvgIpc) is 2.74. The van der Waals surface area contributed by atoms with E-state index < -0.39 is 51.1 Å². The van der Waals surface area contributed by atoms with Gasteiger partial charge in [-0.15, -0.1) is 0 Å². The molecule has 0 aromatic heterocycles. The number of likely N-dealkylation sites (tertiary alicyclic amines) is 1. The number of nitrogens with one attached hydrogen (secondary N) is 1. The highest BCUT2D eigenvalue weighted by Gasteiger charge is 2.53. The number of ether oxygens (including phenoxy) is 2. The van der Waals surface area contributed by atoms with Crippen LogP contribution in [0.2, 0.25) is 0 Å². The van der Waals surface area contributed by atoms with Crippen LogP contribution in [0.1, 0.15) is 13.8 Å². The van der Waals surface area contributed by atoms with E-state index in [4.69, 9.17) is 44.3 Å². The highest BCUT2D eigenvalue weighted by Crippen LogP contribution is 2.41. The lowest BCUT2D eigenvalue weighted by Crippen LogP contribution is -2.69. The van der Waals surface area contributed by atoms with Crippen LogP contribution in [0.3, 0.4) is 0 Å². The molecule has 1 saturated heterocycles. The molecule has 2 rings (SSSR count). The number of alkyl halides is 3. The Hall–Kier alpha value is -1.79. The number of allylic oxidation sites excluding steroid dienone is 1. The first-order valence-electron chi connectivity index (χ1n) is 9.18. The summed E-state index contributed by atoms with van der Waals surface area (Å²) in [5.41, 5.74) is -0.498. The van der Waals surface area contributed by atoms with Gasteiger partial charge in [0, 0.05) is 6.92 Å². The minimum absolute atomic E-state index is 0.276. The quantitative estimate of drug-likeness (QED) is 0.117. The van der Waals surface area contributed by atoms with E-state index in [9.17, 15) is 24.3 Å². The van der Waals surface area contributed by atoms with Gasteiger partial charge in [-0.25, -0.2) is 4.79 Å². The van der Waals surface area contributed by atoms with Crippen molar-refractivity contribution < 1.29 is 33.8 Å². The number of hydrogen-bond donors (Lipinski definition) is 2. The van der Waals surface area contributed by atoms with Gasteiger partial charge in [0.1, 0.15) is 29.5 Å². The molecule has 14 heteroatoms. The van der Waals surface area contributed by atoms with E-state index in [-0.39, 0.29) is 11.7 Å². The largest absolute Gasteiger partial charge is 0.510 e. The summed E-state index contributed by atoms with van der Waals surface area (Å²) in [7, 11) is 1.72. The molecule has 33 heavy (non-hydrogen) atoms. The normalized spacial score (nSPS) is 18.7. The predicted molar refractivity (Wildman–Crippen MR) is 127 cm³/mol. The molecular formula is C19H19Cl3N2O7S2. The first-order valence-corrected chi connectivity index (χ1v) is 12.5. The van der Waals surface area contributed by atoms with Gasteiger partial charge >= 0.3 is 5.97 Å². The summed E-state index contributed by atoms with van der Waals surface area (Å²) >= 11 is 16.7. The maximum absolute atomic E-state index is 12.8. The van der Waals surface area contributed by atoms with Crippen molar-refractivity contribution in [2.24, 2.45) is 0 Å². The third kappa shape index (κ3) is 8.18. The van der Waals surface area contributed by atoms with E-state index in [1.807, 2.05) is 0 Å². The lowest BCUT2D eigenvalue weighted by atomic mass is 10.1. The number of β-lactam (4-membered cyclic amide) rings is 1.